The summed E-state index contributed by atoms with van der Waals surface area (Å²) < 4.78 is 49.2. The van der Waals surface area contributed by atoms with Crippen LogP contribution in [-0.4, -0.2) is 0 Å². The van der Waals surface area contributed by atoms with Gasteiger partial charge in [-0.2, -0.15) is 13.2 Å². The first kappa shape index (κ1) is 18.6. The van der Waals surface area contributed by atoms with Gasteiger partial charge in [0, 0.05) is 17.5 Å². The highest BCUT2D eigenvalue weighted by Gasteiger charge is 2.33. The van der Waals surface area contributed by atoms with Crippen LogP contribution in [0.25, 0.3) is 11.0 Å². The van der Waals surface area contributed by atoms with Gasteiger partial charge in [0.05, 0.1) is 5.56 Å². The van der Waals surface area contributed by atoms with E-state index < -0.39 is 17.4 Å². The highest BCUT2D eigenvalue weighted by Crippen LogP contribution is 2.34. The molecule has 3 nitrogen and oxygen atoms in total. The minimum absolute atomic E-state index is 0.157. The van der Waals surface area contributed by atoms with Crippen molar-refractivity contribution in [3.05, 3.63) is 76.1 Å². The first-order valence-electron chi connectivity index (χ1n) is 7.75. The van der Waals surface area contributed by atoms with Crippen LogP contribution in [0.4, 0.5) is 13.2 Å². The SMILES string of the molecule is CC.O=c1cc(C(F)(F)F)c2ccc(OCc3ccccc3)cc2o1. The van der Waals surface area contributed by atoms with Crippen molar-refractivity contribution in [2.45, 2.75) is 26.6 Å². The first-order chi connectivity index (χ1) is 11.9. The Balaban J connectivity index is 0.00000109. The summed E-state index contributed by atoms with van der Waals surface area (Å²) in [5.74, 6) is 0.323. The normalized spacial score (nSPS) is 10.9. The molecule has 0 fully saturated rings. The fourth-order valence-corrected chi connectivity index (χ4v) is 2.21. The quantitative estimate of drug-likeness (QED) is 0.592. The fraction of sp³-hybridized carbons (Fsp3) is 0.211. The number of fused-ring (bicyclic) bond motifs is 1. The zero-order valence-electron chi connectivity index (χ0n) is 13.8. The van der Waals surface area contributed by atoms with Crippen molar-refractivity contribution >= 4 is 11.0 Å². The zero-order chi connectivity index (χ0) is 18.4. The molecule has 0 spiro atoms. The molecule has 0 radical (unpaired) electrons. The van der Waals surface area contributed by atoms with E-state index in [4.69, 9.17) is 9.15 Å². The summed E-state index contributed by atoms with van der Waals surface area (Å²) in [6.07, 6.45) is -4.62. The van der Waals surface area contributed by atoms with E-state index in [0.717, 1.165) is 5.56 Å². The lowest BCUT2D eigenvalue weighted by atomic mass is 10.1. The molecule has 6 heteroatoms. The van der Waals surface area contributed by atoms with Crippen LogP contribution in [0.3, 0.4) is 0 Å². The summed E-state index contributed by atoms with van der Waals surface area (Å²) in [5, 5.41) is -0.177. The maximum absolute atomic E-state index is 13.0. The van der Waals surface area contributed by atoms with Gasteiger partial charge in [0.1, 0.15) is 17.9 Å². The molecule has 2 aromatic carbocycles. The molecule has 0 saturated heterocycles. The van der Waals surface area contributed by atoms with Crippen LogP contribution < -0.4 is 10.4 Å². The molecule has 132 valence electrons. The van der Waals surface area contributed by atoms with Crippen LogP contribution in [0.2, 0.25) is 0 Å². The molecular weight excluding hydrogens is 333 g/mol. The lowest BCUT2D eigenvalue weighted by Crippen LogP contribution is -2.11. The Kier molecular flexibility index (Phi) is 5.85. The van der Waals surface area contributed by atoms with Crippen molar-refractivity contribution in [3.8, 4) is 5.75 Å². The summed E-state index contributed by atoms with van der Waals surface area (Å²) in [5.41, 5.74) is -1.31. The predicted molar refractivity (Wildman–Crippen MR) is 89.6 cm³/mol. The molecule has 0 saturated carbocycles. The van der Waals surface area contributed by atoms with E-state index in [1.165, 1.54) is 18.2 Å². The lowest BCUT2D eigenvalue weighted by molar-refractivity contribution is -0.136. The highest BCUT2D eigenvalue weighted by atomic mass is 19.4. The van der Waals surface area contributed by atoms with Gasteiger partial charge in [-0.1, -0.05) is 44.2 Å². The average Bonchev–Trinajstić information content (AvgIpc) is 2.61. The zero-order valence-corrected chi connectivity index (χ0v) is 13.8. The Labute approximate surface area is 142 Å². The maximum Gasteiger partial charge on any atom is 0.417 e. The number of hydrogen-bond acceptors (Lipinski definition) is 3. The van der Waals surface area contributed by atoms with E-state index in [-0.39, 0.29) is 17.6 Å². The minimum Gasteiger partial charge on any atom is -0.489 e. The molecule has 0 aliphatic rings. The molecule has 1 heterocycles. The second kappa shape index (κ2) is 7.88. The van der Waals surface area contributed by atoms with E-state index in [9.17, 15) is 18.0 Å². The summed E-state index contributed by atoms with van der Waals surface area (Å²) in [6, 6.07) is 13.7. The maximum atomic E-state index is 13.0. The van der Waals surface area contributed by atoms with Crippen LogP contribution in [0.5, 0.6) is 5.75 Å². The summed E-state index contributed by atoms with van der Waals surface area (Å²) in [6.45, 7) is 4.26. The van der Waals surface area contributed by atoms with Crippen LogP contribution in [0, 0.1) is 0 Å². The number of benzene rings is 2. The third kappa shape index (κ3) is 4.62. The number of rotatable bonds is 3. The van der Waals surface area contributed by atoms with Crippen LogP contribution in [-0.2, 0) is 12.8 Å². The van der Waals surface area contributed by atoms with Crippen molar-refractivity contribution in [1.29, 1.82) is 0 Å². The van der Waals surface area contributed by atoms with E-state index in [0.29, 0.717) is 11.8 Å². The molecule has 0 amide bonds. The molecule has 3 rings (SSSR count). The molecule has 0 atom stereocenters. The van der Waals surface area contributed by atoms with E-state index >= 15 is 0 Å². The van der Waals surface area contributed by atoms with Gasteiger partial charge in [-0.05, 0) is 17.7 Å². The van der Waals surface area contributed by atoms with E-state index in [1.807, 2.05) is 44.2 Å². The van der Waals surface area contributed by atoms with Gasteiger partial charge in [-0.25, -0.2) is 4.79 Å². The molecular formula is C19H17F3O3. The van der Waals surface area contributed by atoms with E-state index in [2.05, 4.69) is 0 Å². The number of alkyl halides is 3. The molecule has 1 aromatic heterocycles. The van der Waals surface area contributed by atoms with Gasteiger partial charge in [0.25, 0.3) is 0 Å². The smallest absolute Gasteiger partial charge is 0.417 e. The molecule has 0 aliphatic carbocycles. The van der Waals surface area contributed by atoms with Crippen molar-refractivity contribution in [1.82, 2.24) is 0 Å². The second-order valence-corrected chi connectivity index (χ2v) is 4.91. The monoisotopic (exact) mass is 350 g/mol. The van der Waals surface area contributed by atoms with Gasteiger partial charge in [0.15, 0.2) is 0 Å². The van der Waals surface area contributed by atoms with Crippen molar-refractivity contribution in [2.24, 2.45) is 0 Å². The Hall–Kier alpha value is -2.76. The predicted octanol–water partition coefficient (Wildman–Crippen LogP) is 5.42. The third-order valence-electron chi connectivity index (χ3n) is 3.27. The van der Waals surface area contributed by atoms with Gasteiger partial charge in [-0.3, -0.25) is 0 Å². The fourth-order valence-electron chi connectivity index (χ4n) is 2.21. The Morgan fingerprint density at radius 2 is 1.68 bits per heavy atom. The minimum atomic E-state index is -4.62. The van der Waals surface area contributed by atoms with E-state index in [1.54, 1.807) is 0 Å². The van der Waals surface area contributed by atoms with Gasteiger partial charge in [-0.15, -0.1) is 0 Å². The molecule has 0 aliphatic heterocycles. The van der Waals surface area contributed by atoms with Crippen molar-refractivity contribution < 1.29 is 22.3 Å². The Morgan fingerprint density at radius 1 is 1.00 bits per heavy atom. The second-order valence-electron chi connectivity index (χ2n) is 4.91. The average molecular weight is 350 g/mol. The highest BCUT2D eigenvalue weighted by molar-refractivity contribution is 5.82. The van der Waals surface area contributed by atoms with Crippen LogP contribution in [0.15, 0.2) is 63.8 Å². The van der Waals surface area contributed by atoms with Gasteiger partial charge in [0.2, 0.25) is 0 Å². The van der Waals surface area contributed by atoms with Crippen molar-refractivity contribution in [3.63, 3.8) is 0 Å². The molecule has 0 N–H and O–H groups in total. The molecule has 25 heavy (non-hydrogen) atoms. The van der Waals surface area contributed by atoms with Crippen LogP contribution in [0.1, 0.15) is 25.0 Å². The Bertz CT molecular complexity index is 884. The van der Waals surface area contributed by atoms with Gasteiger partial charge >= 0.3 is 11.8 Å². The van der Waals surface area contributed by atoms with Crippen molar-refractivity contribution in [2.75, 3.05) is 0 Å². The topological polar surface area (TPSA) is 39.4 Å². The number of hydrogen-bond donors (Lipinski definition) is 0. The summed E-state index contributed by atoms with van der Waals surface area (Å²) in [4.78, 5) is 11.3. The molecule has 0 unspecified atom stereocenters. The summed E-state index contributed by atoms with van der Waals surface area (Å²) in [7, 11) is 0. The summed E-state index contributed by atoms with van der Waals surface area (Å²) >= 11 is 0. The third-order valence-corrected chi connectivity index (χ3v) is 3.27. The first-order valence-corrected chi connectivity index (χ1v) is 7.75. The van der Waals surface area contributed by atoms with Crippen LogP contribution >= 0.6 is 0 Å². The lowest BCUT2D eigenvalue weighted by Gasteiger charge is -2.11. The largest absolute Gasteiger partial charge is 0.489 e. The molecule has 3 aromatic rings. The Morgan fingerprint density at radius 3 is 2.32 bits per heavy atom. The standard InChI is InChI=1S/C17H11F3O3.C2H6/c18-17(19,20)14-9-16(21)23-15-8-12(6-7-13(14)15)22-10-11-4-2-1-3-5-11;1-2/h1-9H,10H2;1-2H3. The van der Waals surface area contributed by atoms with Gasteiger partial charge < -0.3 is 9.15 Å². The number of ether oxygens (including phenoxy) is 1. The number of halogens is 3. The molecule has 0 bridgehead atoms.